The molecule has 4 aromatic heterocycles. The van der Waals surface area contributed by atoms with E-state index in [0.717, 1.165) is 37.7 Å². The smallest absolute Gasteiger partial charge is 0.233 e. The Morgan fingerprint density at radius 1 is 0.853 bits per heavy atom. The molecule has 6 rings (SSSR count). The lowest BCUT2D eigenvalue weighted by atomic mass is 10.2. The quantitative estimate of drug-likeness (QED) is 0.380. The highest BCUT2D eigenvalue weighted by atomic mass is 32.1. The highest BCUT2D eigenvalue weighted by molar-refractivity contribution is 7.08. The molecule has 11 heteroatoms. The summed E-state index contributed by atoms with van der Waals surface area (Å²) in [6.45, 7) is 3.31. The number of ether oxygens (including phenoxy) is 1. The zero-order chi connectivity index (χ0) is 22.7. The van der Waals surface area contributed by atoms with Gasteiger partial charge in [0, 0.05) is 42.2 Å². The highest BCUT2D eigenvalue weighted by Crippen LogP contribution is 2.28. The van der Waals surface area contributed by atoms with Gasteiger partial charge >= 0.3 is 0 Å². The number of rotatable bonds is 6. The fourth-order valence-corrected chi connectivity index (χ4v) is 4.43. The number of imidazole rings is 1. The summed E-state index contributed by atoms with van der Waals surface area (Å²) < 4.78 is 7.40. The molecule has 1 aromatic carbocycles. The van der Waals surface area contributed by atoms with Crippen LogP contribution < -0.4 is 15.5 Å². The van der Waals surface area contributed by atoms with Gasteiger partial charge in [-0.15, -0.1) is 0 Å². The molecule has 0 unspecified atom stereocenters. The number of hydrogen-bond acceptors (Lipinski definition) is 10. The fraction of sp³-hybridized carbons (Fsp3) is 0.174. The molecule has 0 radical (unpaired) electrons. The summed E-state index contributed by atoms with van der Waals surface area (Å²) in [5, 5.41) is 10.6. The summed E-state index contributed by atoms with van der Waals surface area (Å²) >= 11 is 1.62. The molecular weight excluding hydrogens is 450 g/mol. The molecule has 34 heavy (non-hydrogen) atoms. The Morgan fingerprint density at radius 2 is 1.68 bits per heavy atom. The highest BCUT2D eigenvalue weighted by Gasteiger charge is 2.16. The minimum atomic E-state index is 0.378. The van der Waals surface area contributed by atoms with Gasteiger partial charge in [0.05, 0.1) is 18.9 Å². The zero-order valence-corrected chi connectivity index (χ0v) is 18.9. The number of thiophene rings is 1. The summed E-state index contributed by atoms with van der Waals surface area (Å²) in [4.78, 5) is 24.8. The van der Waals surface area contributed by atoms with E-state index in [1.807, 2.05) is 33.5 Å². The second-order valence-corrected chi connectivity index (χ2v) is 8.41. The largest absolute Gasteiger partial charge is 0.378 e. The van der Waals surface area contributed by atoms with Crippen molar-refractivity contribution < 1.29 is 4.74 Å². The number of anilines is 5. The second kappa shape index (κ2) is 9.04. The lowest BCUT2D eigenvalue weighted by Gasteiger charge is -2.28. The Bertz CT molecular complexity index is 1380. The number of nitrogens with zero attached hydrogens (tertiary/aromatic N) is 7. The summed E-state index contributed by atoms with van der Waals surface area (Å²) in [5.41, 5.74) is 4.42. The molecule has 10 nitrogen and oxygen atoms in total. The molecule has 1 fully saturated rings. The van der Waals surface area contributed by atoms with Crippen LogP contribution in [0.1, 0.15) is 0 Å². The van der Waals surface area contributed by atoms with E-state index in [4.69, 9.17) is 9.72 Å². The van der Waals surface area contributed by atoms with Gasteiger partial charge in [0.15, 0.2) is 17.0 Å². The minimum absolute atomic E-state index is 0.378. The average molecular weight is 472 g/mol. The van der Waals surface area contributed by atoms with E-state index in [1.54, 1.807) is 36.1 Å². The van der Waals surface area contributed by atoms with Crippen LogP contribution >= 0.6 is 11.3 Å². The first-order chi connectivity index (χ1) is 16.8. The molecule has 0 spiro atoms. The van der Waals surface area contributed by atoms with E-state index in [2.05, 4.69) is 47.6 Å². The van der Waals surface area contributed by atoms with Crippen LogP contribution in [-0.2, 0) is 4.74 Å². The third kappa shape index (κ3) is 4.14. The molecule has 1 saturated heterocycles. The van der Waals surface area contributed by atoms with Crippen LogP contribution in [0, 0.1) is 0 Å². The molecule has 0 bridgehead atoms. The van der Waals surface area contributed by atoms with Crippen molar-refractivity contribution in [3.8, 4) is 5.69 Å². The predicted molar refractivity (Wildman–Crippen MR) is 133 cm³/mol. The maximum absolute atomic E-state index is 5.46. The van der Waals surface area contributed by atoms with Gasteiger partial charge in [0.1, 0.15) is 6.33 Å². The van der Waals surface area contributed by atoms with E-state index in [-0.39, 0.29) is 0 Å². The minimum Gasteiger partial charge on any atom is -0.378 e. The molecule has 0 saturated carbocycles. The van der Waals surface area contributed by atoms with Gasteiger partial charge in [-0.25, -0.2) is 15.0 Å². The number of benzene rings is 1. The molecule has 5 aromatic rings. The third-order valence-corrected chi connectivity index (χ3v) is 6.15. The molecule has 0 amide bonds. The SMILES string of the molecule is c1cnc(Nc2nc(Nc3ccc(N4CCOCC4)cc3)c3ncn(-c4ccsc4)c3n2)nc1. The van der Waals surface area contributed by atoms with Crippen LogP contribution in [0.15, 0.2) is 65.9 Å². The number of nitrogens with one attached hydrogen (secondary N) is 2. The van der Waals surface area contributed by atoms with Crippen LogP contribution in [0.25, 0.3) is 16.9 Å². The number of aromatic nitrogens is 6. The first-order valence-corrected chi connectivity index (χ1v) is 11.8. The number of fused-ring (bicyclic) bond motifs is 1. The number of morpholine rings is 1. The third-order valence-electron chi connectivity index (χ3n) is 5.48. The molecule has 0 aliphatic carbocycles. The molecule has 170 valence electrons. The number of hydrogen-bond donors (Lipinski definition) is 2. The van der Waals surface area contributed by atoms with Crippen molar-refractivity contribution in [2.24, 2.45) is 0 Å². The first kappa shape index (κ1) is 20.5. The van der Waals surface area contributed by atoms with E-state index in [0.29, 0.717) is 28.9 Å². The Hall–Kier alpha value is -4.09. The van der Waals surface area contributed by atoms with E-state index >= 15 is 0 Å². The van der Waals surface area contributed by atoms with Crippen molar-refractivity contribution in [2.75, 3.05) is 41.8 Å². The van der Waals surface area contributed by atoms with Crippen LogP contribution in [0.3, 0.4) is 0 Å². The van der Waals surface area contributed by atoms with Crippen molar-refractivity contribution in [3.63, 3.8) is 0 Å². The Balaban J connectivity index is 1.35. The summed E-state index contributed by atoms with van der Waals surface area (Å²) in [6, 6.07) is 12.1. The van der Waals surface area contributed by atoms with Crippen LogP contribution in [-0.4, -0.2) is 55.8 Å². The van der Waals surface area contributed by atoms with Gasteiger partial charge < -0.3 is 15.0 Å². The average Bonchev–Trinajstić information content (AvgIpc) is 3.56. The second-order valence-electron chi connectivity index (χ2n) is 7.63. The fourth-order valence-electron chi connectivity index (χ4n) is 3.80. The summed E-state index contributed by atoms with van der Waals surface area (Å²) in [6.07, 6.45) is 5.09. The molecule has 5 heterocycles. The monoisotopic (exact) mass is 471 g/mol. The van der Waals surface area contributed by atoms with Gasteiger partial charge in [-0.2, -0.15) is 21.3 Å². The Labute approximate surface area is 199 Å². The van der Waals surface area contributed by atoms with Crippen LogP contribution in [0.4, 0.5) is 29.1 Å². The van der Waals surface area contributed by atoms with E-state index in [1.165, 1.54) is 5.69 Å². The normalized spacial score (nSPS) is 13.8. The van der Waals surface area contributed by atoms with Gasteiger partial charge in [-0.05, 0) is 41.8 Å². The van der Waals surface area contributed by atoms with Gasteiger partial charge in [0.2, 0.25) is 11.9 Å². The Kier molecular flexibility index (Phi) is 5.45. The summed E-state index contributed by atoms with van der Waals surface area (Å²) in [7, 11) is 0. The Morgan fingerprint density at radius 3 is 2.44 bits per heavy atom. The topological polar surface area (TPSA) is 106 Å². The van der Waals surface area contributed by atoms with Gasteiger partial charge in [0.25, 0.3) is 0 Å². The zero-order valence-electron chi connectivity index (χ0n) is 18.1. The molecule has 1 aliphatic heterocycles. The predicted octanol–water partition coefficient (Wildman–Crippen LogP) is 3.99. The van der Waals surface area contributed by atoms with Crippen LogP contribution in [0.2, 0.25) is 0 Å². The standard InChI is InChI=1S/C23H21N9OS/c1-7-24-22(25-8-1)30-23-28-20(19-21(29-23)32(15-26-19)18-6-13-34-14-18)27-16-2-4-17(5-3-16)31-9-11-33-12-10-31/h1-8,13-15H,9-12H2,(H2,24,25,27,28,29,30). The van der Waals surface area contributed by atoms with Crippen molar-refractivity contribution >= 4 is 51.6 Å². The van der Waals surface area contributed by atoms with Crippen molar-refractivity contribution in [2.45, 2.75) is 0 Å². The lowest BCUT2D eigenvalue weighted by molar-refractivity contribution is 0.122. The molecule has 0 atom stereocenters. The maximum Gasteiger partial charge on any atom is 0.233 e. The van der Waals surface area contributed by atoms with E-state index in [9.17, 15) is 0 Å². The van der Waals surface area contributed by atoms with Crippen molar-refractivity contribution in [3.05, 3.63) is 65.9 Å². The van der Waals surface area contributed by atoms with Crippen molar-refractivity contribution in [1.29, 1.82) is 0 Å². The lowest BCUT2D eigenvalue weighted by Crippen LogP contribution is -2.36. The maximum atomic E-state index is 5.46. The first-order valence-electron chi connectivity index (χ1n) is 10.8. The molecular formula is C23H21N9OS. The van der Waals surface area contributed by atoms with Gasteiger partial charge in [-0.1, -0.05) is 0 Å². The van der Waals surface area contributed by atoms with Gasteiger partial charge in [-0.3, -0.25) is 9.88 Å². The molecule has 2 N–H and O–H groups in total. The summed E-state index contributed by atoms with van der Waals surface area (Å²) in [5.74, 6) is 1.39. The van der Waals surface area contributed by atoms with E-state index < -0.39 is 0 Å². The molecule has 1 aliphatic rings. The van der Waals surface area contributed by atoms with Crippen LogP contribution in [0.5, 0.6) is 0 Å². The van der Waals surface area contributed by atoms with Crippen molar-refractivity contribution in [1.82, 2.24) is 29.5 Å².